The summed E-state index contributed by atoms with van der Waals surface area (Å²) in [5.41, 5.74) is 4.22. The van der Waals surface area contributed by atoms with E-state index in [-0.39, 0.29) is 24.9 Å². The highest BCUT2D eigenvalue weighted by molar-refractivity contribution is 5.86. The number of ether oxygens (including phenoxy) is 1. The molecule has 0 N–H and O–H groups in total. The second-order valence-corrected chi connectivity index (χ2v) is 7.14. The number of hydrogen-bond acceptors (Lipinski definition) is 4. The van der Waals surface area contributed by atoms with Gasteiger partial charge in [-0.2, -0.15) is 5.10 Å². The fourth-order valence-corrected chi connectivity index (χ4v) is 3.67. The number of amides is 2. The van der Waals surface area contributed by atoms with Gasteiger partial charge >= 0.3 is 0 Å². The number of carbonyl (C=O) groups is 2. The van der Waals surface area contributed by atoms with Crippen LogP contribution >= 0.6 is 0 Å². The van der Waals surface area contributed by atoms with E-state index in [2.05, 4.69) is 12.0 Å². The van der Waals surface area contributed by atoms with Gasteiger partial charge in [0.1, 0.15) is 12.3 Å². The molecule has 0 saturated carbocycles. The van der Waals surface area contributed by atoms with Crippen LogP contribution in [0.4, 0.5) is 0 Å². The van der Waals surface area contributed by atoms with Gasteiger partial charge in [-0.1, -0.05) is 19.1 Å². The first kappa shape index (κ1) is 19.9. The lowest BCUT2D eigenvalue weighted by Gasteiger charge is -2.34. The summed E-state index contributed by atoms with van der Waals surface area (Å²) >= 11 is 0. The Labute approximate surface area is 165 Å². The van der Waals surface area contributed by atoms with Crippen molar-refractivity contribution < 1.29 is 14.3 Å². The molecule has 0 unspecified atom stereocenters. The minimum atomic E-state index is -0.0642. The number of benzene rings is 1. The van der Waals surface area contributed by atoms with Gasteiger partial charge in [0, 0.05) is 25.3 Å². The molecular weight excluding hydrogens is 356 g/mol. The average molecular weight is 384 g/mol. The van der Waals surface area contributed by atoms with Crippen molar-refractivity contribution in [1.82, 2.24) is 19.6 Å². The summed E-state index contributed by atoms with van der Waals surface area (Å²) < 4.78 is 6.92. The van der Waals surface area contributed by atoms with Crippen LogP contribution in [0.25, 0.3) is 0 Å². The lowest BCUT2D eigenvalue weighted by Crippen LogP contribution is -2.52. The van der Waals surface area contributed by atoms with E-state index in [0.29, 0.717) is 19.6 Å². The molecule has 1 saturated heterocycles. The van der Waals surface area contributed by atoms with Crippen LogP contribution in [0.3, 0.4) is 0 Å². The first-order valence-corrected chi connectivity index (χ1v) is 9.64. The molecular formula is C21H28N4O3. The van der Waals surface area contributed by atoms with Gasteiger partial charge in [-0.05, 0) is 43.5 Å². The molecule has 1 fully saturated rings. The lowest BCUT2D eigenvalue weighted by molar-refractivity contribution is -0.146. The summed E-state index contributed by atoms with van der Waals surface area (Å²) in [5.74, 6) is 0.699. The highest BCUT2D eigenvalue weighted by Gasteiger charge is 2.27. The van der Waals surface area contributed by atoms with Gasteiger partial charge in [-0.25, -0.2) is 0 Å². The first-order chi connectivity index (χ1) is 13.4. The second-order valence-electron chi connectivity index (χ2n) is 7.14. The van der Waals surface area contributed by atoms with E-state index in [9.17, 15) is 9.59 Å². The minimum Gasteiger partial charge on any atom is -0.497 e. The van der Waals surface area contributed by atoms with Gasteiger partial charge in [0.25, 0.3) is 0 Å². The van der Waals surface area contributed by atoms with Crippen molar-refractivity contribution in [2.24, 2.45) is 0 Å². The van der Waals surface area contributed by atoms with Crippen molar-refractivity contribution in [3.63, 3.8) is 0 Å². The maximum Gasteiger partial charge on any atom is 0.244 e. The summed E-state index contributed by atoms with van der Waals surface area (Å²) in [6.45, 7) is 7.96. The average Bonchev–Trinajstić information content (AvgIpc) is 2.96. The van der Waals surface area contributed by atoms with Crippen molar-refractivity contribution in [3.05, 3.63) is 46.8 Å². The largest absolute Gasteiger partial charge is 0.497 e. The molecule has 1 aliphatic rings. The van der Waals surface area contributed by atoms with Crippen LogP contribution in [0.15, 0.2) is 24.3 Å². The van der Waals surface area contributed by atoms with Crippen LogP contribution in [0.1, 0.15) is 29.4 Å². The zero-order valence-electron chi connectivity index (χ0n) is 17.1. The van der Waals surface area contributed by atoms with Crippen molar-refractivity contribution in [1.29, 1.82) is 0 Å². The molecule has 0 radical (unpaired) electrons. The lowest BCUT2D eigenvalue weighted by atomic mass is 10.1. The molecule has 1 aromatic carbocycles. The molecule has 0 bridgehead atoms. The molecule has 7 heteroatoms. The second kappa shape index (κ2) is 8.46. The van der Waals surface area contributed by atoms with Gasteiger partial charge in [-0.3, -0.25) is 14.3 Å². The van der Waals surface area contributed by atoms with E-state index < -0.39 is 0 Å². The molecule has 0 spiro atoms. The fourth-order valence-electron chi connectivity index (χ4n) is 3.67. The van der Waals surface area contributed by atoms with Crippen LogP contribution in [-0.2, 0) is 29.1 Å². The normalized spacial score (nSPS) is 14.5. The van der Waals surface area contributed by atoms with Crippen molar-refractivity contribution >= 4 is 11.8 Å². The number of aryl methyl sites for hydroxylation is 1. The molecule has 150 valence electrons. The first-order valence-electron chi connectivity index (χ1n) is 9.64. The monoisotopic (exact) mass is 384 g/mol. The van der Waals surface area contributed by atoms with E-state index in [1.165, 1.54) is 5.56 Å². The zero-order valence-corrected chi connectivity index (χ0v) is 17.1. The SMILES string of the molecule is CCc1c(C)nn(CC(=O)N2CCN(Cc3ccc(OC)cc3)C(=O)C2)c1C. The summed E-state index contributed by atoms with van der Waals surface area (Å²) in [6.07, 6.45) is 0.897. The van der Waals surface area contributed by atoms with Crippen LogP contribution in [-0.4, -0.2) is 58.1 Å². The Kier molecular flexibility index (Phi) is 6.02. The third-order valence-corrected chi connectivity index (χ3v) is 5.37. The smallest absolute Gasteiger partial charge is 0.244 e. The topological polar surface area (TPSA) is 67.7 Å². The molecule has 2 heterocycles. The molecule has 0 atom stereocenters. The number of piperazine rings is 1. The number of methoxy groups -OCH3 is 1. The van der Waals surface area contributed by atoms with Crippen LogP contribution in [0, 0.1) is 13.8 Å². The van der Waals surface area contributed by atoms with Gasteiger partial charge in [0.05, 0.1) is 19.3 Å². The Morgan fingerprint density at radius 2 is 1.89 bits per heavy atom. The Morgan fingerprint density at radius 1 is 1.18 bits per heavy atom. The van der Waals surface area contributed by atoms with Crippen molar-refractivity contribution in [3.8, 4) is 5.75 Å². The van der Waals surface area contributed by atoms with Gasteiger partial charge in [-0.15, -0.1) is 0 Å². The zero-order chi connectivity index (χ0) is 20.3. The molecule has 3 rings (SSSR count). The summed E-state index contributed by atoms with van der Waals surface area (Å²) in [6, 6.07) is 7.69. The van der Waals surface area contributed by atoms with E-state index in [0.717, 1.165) is 29.1 Å². The Hall–Kier alpha value is -2.83. The highest BCUT2D eigenvalue weighted by Crippen LogP contribution is 2.16. The molecule has 1 aliphatic heterocycles. The maximum absolute atomic E-state index is 12.7. The Balaban J connectivity index is 1.58. The number of rotatable bonds is 6. The van der Waals surface area contributed by atoms with E-state index in [4.69, 9.17) is 4.74 Å². The van der Waals surface area contributed by atoms with Crippen LogP contribution in [0.5, 0.6) is 5.75 Å². The molecule has 28 heavy (non-hydrogen) atoms. The molecule has 2 aromatic rings. The van der Waals surface area contributed by atoms with Crippen molar-refractivity contribution in [2.45, 2.75) is 40.3 Å². The predicted octanol–water partition coefficient (Wildman–Crippen LogP) is 1.94. The van der Waals surface area contributed by atoms with E-state index in [1.54, 1.807) is 21.6 Å². The molecule has 7 nitrogen and oxygen atoms in total. The third kappa shape index (κ3) is 4.18. The number of nitrogens with zero attached hydrogens (tertiary/aromatic N) is 4. The van der Waals surface area contributed by atoms with Gasteiger partial charge in [0.15, 0.2) is 0 Å². The number of aromatic nitrogens is 2. The molecule has 0 aliphatic carbocycles. The van der Waals surface area contributed by atoms with E-state index >= 15 is 0 Å². The van der Waals surface area contributed by atoms with Crippen molar-refractivity contribution in [2.75, 3.05) is 26.7 Å². The quantitative estimate of drug-likeness (QED) is 0.763. The Morgan fingerprint density at radius 3 is 2.46 bits per heavy atom. The standard InChI is InChI=1S/C21H28N4O3/c1-5-19-15(2)22-25(16(19)3)14-21(27)24-11-10-23(20(26)13-24)12-17-6-8-18(28-4)9-7-17/h6-9H,5,10-14H2,1-4H3. The summed E-state index contributed by atoms with van der Waals surface area (Å²) in [7, 11) is 1.63. The number of hydrogen-bond donors (Lipinski definition) is 0. The van der Waals surface area contributed by atoms with Gasteiger partial charge in [0.2, 0.25) is 11.8 Å². The Bertz CT molecular complexity index is 857. The fraction of sp³-hybridized carbons (Fsp3) is 0.476. The maximum atomic E-state index is 12.7. The highest BCUT2D eigenvalue weighted by atomic mass is 16.5. The van der Waals surface area contributed by atoms with E-state index in [1.807, 2.05) is 38.1 Å². The third-order valence-electron chi connectivity index (χ3n) is 5.37. The van der Waals surface area contributed by atoms with Gasteiger partial charge < -0.3 is 14.5 Å². The molecule has 2 amide bonds. The summed E-state index contributed by atoms with van der Waals surface area (Å²) in [5, 5.41) is 4.48. The predicted molar refractivity (Wildman–Crippen MR) is 106 cm³/mol. The van der Waals surface area contributed by atoms with Crippen LogP contribution < -0.4 is 4.74 Å². The molecule has 1 aromatic heterocycles. The summed E-state index contributed by atoms with van der Waals surface area (Å²) in [4.78, 5) is 28.7. The number of carbonyl (C=O) groups excluding carboxylic acids is 2. The minimum absolute atomic E-state index is 0.0296. The van der Waals surface area contributed by atoms with Crippen LogP contribution in [0.2, 0.25) is 0 Å².